The van der Waals surface area contributed by atoms with Gasteiger partial charge in [0.25, 0.3) is 0 Å². The van der Waals surface area contributed by atoms with Crippen molar-refractivity contribution in [2.45, 2.75) is 39.2 Å². The van der Waals surface area contributed by atoms with Crippen molar-refractivity contribution in [1.29, 1.82) is 0 Å². The molecule has 2 heteroatoms. The molecule has 0 aliphatic heterocycles. The number of hydrogen-bond acceptors (Lipinski definition) is 2. The molecule has 14 heavy (non-hydrogen) atoms. The van der Waals surface area contributed by atoms with Crippen LogP contribution in [0.3, 0.4) is 0 Å². The predicted molar refractivity (Wildman–Crippen MR) is 55.0 cm³/mol. The summed E-state index contributed by atoms with van der Waals surface area (Å²) in [6.07, 6.45) is 0.767. The SMILES string of the molecule is CC(C)C(O)c1ccc(C2CC2C)o1. The summed E-state index contributed by atoms with van der Waals surface area (Å²) >= 11 is 0. The van der Waals surface area contributed by atoms with Crippen molar-refractivity contribution in [3.63, 3.8) is 0 Å². The van der Waals surface area contributed by atoms with Crippen LogP contribution in [0.25, 0.3) is 0 Å². The van der Waals surface area contributed by atoms with Gasteiger partial charge in [0.15, 0.2) is 0 Å². The molecule has 1 N–H and O–H groups in total. The zero-order valence-corrected chi connectivity index (χ0v) is 9.03. The molecule has 0 radical (unpaired) electrons. The van der Waals surface area contributed by atoms with E-state index in [1.165, 1.54) is 6.42 Å². The first-order valence-electron chi connectivity index (χ1n) is 5.37. The van der Waals surface area contributed by atoms with E-state index in [0.29, 0.717) is 11.7 Å². The first-order chi connectivity index (χ1) is 6.59. The molecule has 1 fully saturated rings. The van der Waals surface area contributed by atoms with E-state index in [0.717, 1.165) is 11.7 Å². The Hall–Kier alpha value is -0.760. The summed E-state index contributed by atoms with van der Waals surface area (Å²) in [5.74, 6) is 3.33. The molecule has 1 heterocycles. The van der Waals surface area contributed by atoms with Gasteiger partial charge in [-0.05, 0) is 30.4 Å². The molecular weight excluding hydrogens is 176 g/mol. The highest BCUT2D eigenvalue weighted by molar-refractivity contribution is 5.18. The lowest BCUT2D eigenvalue weighted by molar-refractivity contribution is 0.101. The second kappa shape index (κ2) is 3.43. The Bertz CT molecular complexity index is 314. The summed E-state index contributed by atoms with van der Waals surface area (Å²) in [6.45, 7) is 6.21. The Kier molecular flexibility index (Phi) is 2.40. The van der Waals surface area contributed by atoms with Crippen LogP contribution < -0.4 is 0 Å². The summed E-state index contributed by atoms with van der Waals surface area (Å²) in [7, 11) is 0. The van der Waals surface area contributed by atoms with Crippen LogP contribution in [0.5, 0.6) is 0 Å². The van der Waals surface area contributed by atoms with Crippen molar-refractivity contribution in [3.05, 3.63) is 23.7 Å². The third-order valence-electron chi connectivity index (χ3n) is 3.05. The van der Waals surface area contributed by atoms with Crippen molar-refractivity contribution in [2.75, 3.05) is 0 Å². The van der Waals surface area contributed by atoms with Gasteiger partial charge >= 0.3 is 0 Å². The molecule has 2 rings (SSSR count). The van der Waals surface area contributed by atoms with Crippen LogP contribution in [0, 0.1) is 11.8 Å². The highest BCUT2D eigenvalue weighted by Gasteiger charge is 2.37. The highest BCUT2D eigenvalue weighted by atomic mass is 16.4. The van der Waals surface area contributed by atoms with Gasteiger partial charge in [-0.1, -0.05) is 20.8 Å². The zero-order valence-electron chi connectivity index (χ0n) is 9.03. The number of aliphatic hydroxyl groups excluding tert-OH is 1. The van der Waals surface area contributed by atoms with Crippen LogP contribution >= 0.6 is 0 Å². The Balaban J connectivity index is 2.10. The standard InChI is InChI=1S/C12H18O2/c1-7(2)12(13)11-5-4-10(14-11)9-6-8(9)3/h4-5,7-9,12-13H,6H2,1-3H3. The van der Waals surface area contributed by atoms with Gasteiger partial charge in [-0.25, -0.2) is 0 Å². The summed E-state index contributed by atoms with van der Waals surface area (Å²) < 4.78 is 5.65. The number of aliphatic hydroxyl groups is 1. The summed E-state index contributed by atoms with van der Waals surface area (Å²) in [6, 6.07) is 3.92. The molecular formula is C12H18O2. The minimum absolute atomic E-state index is 0.214. The number of furan rings is 1. The maximum atomic E-state index is 9.79. The molecule has 0 aromatic carbocycles. The van der Waals surface area contributed by atoms with Gasteiger partial charge in [-0.2, -0.15) is 0 Å². The Labute approximate surface area is 84.9 Å². The van der Waals surface area contributed by atoms with E-state index in [9.17, 15) is 5.11 Å². The lowest BCUT2D eigenvalue weighted by Crippen LogP contribution is -2.03. The average Bonchev–Trinajstić information content (AvgIpc) is 2.67. The topological polar surface area (TPSA) is 33.4 Å². The molecule has 0 spiro atoms. The van der Waals surface area contributed by atoms with E-state index >= 15 is 0 Å². The van der Waals surface area contributed by atoms with Gasteiger partial charge in [-0.15, -0.1) is 0 Å². The third kappa shape index (κ3) is 1.71. The van der Waals surface area contributed by atoms with E-state index < -0.39 is 6.10 Å². The van der Waals surface area contributed by atoms with Crippen molar-refractivity contribution in [2.24, 2.45) is 11.8 Å². The summed E-state index contributed by atoms with van der Waals surface area (Å²) in [5, 5.41) is 9.79. The molecule has 1 aromatic rings. The Morgan fingerprint density at radius 1 is 1.43 bits per heavy atom. The van der Waals surface area contributed by atoms with Crippen LogP contribution in [-0.2, 0) is 0 Å². The molecule has 1 aliphatic rings. The maximum absolute atomic E-state index is 9.79. The van der Waals surface area contributed by atoms with Crippen LogP contribution in [0.2, 0.25) is 0 Å². The smallest absolute Gasteiger partial charge is 0.132 e. The van der Waals surface area contributed by atoms with Gasteiger partial charge in [-0.3, -0.25) is 0 Å². The van der Waals surface area contributed by atoms with E-state index in [1.807, 2.05) is 26.0 Å². The van der Waals surface area contributed by atoms with E-state index in [4.69, 9.17) is 4.42 Å². The fourth-order valence-corrected chi connectivity index (χ4v) is 1.77. The summed E-state index contributed by atoms with van der Waals surface area (Å²) in [5.41, 5.74) is 0. The normalized spacial score (nSPS) is 28.1. The molecule has 3 unspecified atom stereocenters. The maximum Gasteiger partial charge on any atom is 0.132 e. The first kappa shape index (κ1) is 9.78. The second-order valence-corrected chi connectivity index (χ2v) is 4.75. The molecule has 2 nitrogen and oxygen atoms in total. The van der Waals surface area contributed by atoms with E-state index in [-0.39, 0.29) is 5.92 Å². The van der Waals surface area contributed by atoms with Crippen LogP contribution in [0.4, 0.5) is 0 Å². The zero-order chi connectivity index (χ0) is 10.3. The molecule has 3 atom stereocenters. The molecule has 0 amide bonds. The molecule has 1 saturated carbocycles. The minimum atomic E-state index is -0.460. The second-order valence-electron chi connectivity index (χ2n) is 4.75. The predicted octanol–water partition coefficient (Wildman–Crippen LogP) is 3.09. The molecule has 0 bridgehead atoms. The average molecular weight is 194 g/mol. The van der Waals surface area contributed by atoms with Crippen LogP contribution in [-0.4, -0.2) is 5.11 Å². The molecule has 1 aromatic heterocycles. The van der Waals surface area contributed by atoms with Crippen molar-refractivity contribution in [3.8, 4) is 0 Å². The fourth-order valence-electron chi connectivity index (χ4n) is 1.77. The largest absolute Gasteiger partial charge is 0.463 e. The van der Waals surface area contributed by atoms with Gasteiger partial charge in [0.1, 0.15) is 17.6 Å². The van der Waals surface area contributed by atoms with Crippen molar-refractivity contribution in [1.82, 2.24) is 0 Å². The van der Waals surface area contributed by atoms with Crippen LogP contribution in [0.15, 0.2) is 16.5 Å². The van der Waals surface area contributed by atoms with Crippen molar-refractivity contribution < 1.29 is 9.52 Å². The monoisotopic (exact) mass is 194 g/mol. The lowest BCUT2D eigenvalue weighted by atomic mass is 10.1. The Morgan fingerprint density at radius 3 is 2.57 bits per heavy atom. The number of hydrogen-bond donors (Lipinski definition) is 1. The minimum Gasteiger partial charge on any atom is -0.463 e. The van der Waals surface area contributed by atoms with Gasteiger partial charge in [0.05, 0.1) is 0 Å². The van der Waals surface area contributed by atoms with Gasteiger partial charge in [0, 0.05) is 5.92 Å². The van der Waals surface area contributed by atoms with Crippen LogP contribution in [0.1, 0.15) is 50.7 Å². The van der Waals surface area contributed by atoms with E-state index in [2.05, 4.69) is 6.92 Å². The Morgan fingerprint density at radius 2 is 2.07 bits per heavy atom. The molecule has 1 aliphatic carbocycles. The lowest BCUT2D eigenvalue weighted by Gasteiger charge is -2.10. The van der Waals surface area contributed by atoms with E-state index in [1.54, 1.807) is 0 Å². The fraction of sp³-hybridized carbons (Fsp3) is 0.667. The molecule has 0 saturated heterocycles. The van der Waals surface area contributed by atoms with Gasteiger partial charge in [0.2, 0.25) is 0 Å². The quantitative estimate of drug-likeness (QED) is 0.802. The van der Waals surface area contributed by atoms with Gasteiger partial charge < -0.3 is 9.52 Å². The summed E-state index contributed by atoms with van der Waals surface area (Å²) in [4.78, 5) is 0. The van der Waals surface area contributed by atoms with Crippen molar-refractivity contribution >= 4 is 0 Å². The first-order valence-corrected chi connectivity index (χ1v) is 5.37. The third-order valence-corrected chi connectivity index (χ3v) is 3.05. The molecule has 78 valence electrons. The number of rotatable bonds is 3. The highest BCUT2D eigenvalue weighted by Crippen LogP contribution is 2.47.